The quantitative estimate of drug-likeness (QED) is 0.180. The van der Waals surface area contributed by atoms with Crippen LogP contribution >= 0.6 is 0 Å². The van der Waals surface area contributed by atoms with Gasteiger partial charge < -0.3 is 4.74 Å². The molecule has 0 saturated heterocycles. The summed E-state index contributed by atoms with van der Waals surface area (Å²) >= 11 is 0. The van der Waals surface area contributed by atoms with Crippen molar-refractivity contribution in [2.75, 3.05) is 0 Å². The Bertz CT molecular complexity index is 696. The molecule has 0 saturated carbocycles. The van der Waals surface area contributed by atoms with E-state index in [-0.39, 0.29) is 5.97 Å². The Balaban J connectivity index is 1.56. The number of hydrogen-bond acceptors (Lipinski definition) is 2. The van der Waals surface area contributed by atoms with Crippen LogP contribution in [-0.2, 0) is 11.8 Å². The lowest BCUT2D eigenvalue weighted by Gasteiger charge is -2.05. The van der Waals surface area contributed by atoms with E-state index in [0.29, 0.717) is 12.2 Å². The molecule has 0 bridgehead atoms. The maximum absolute atomic E-state index is 12.1. The van der Waals surface area contributed by atoms with Crippen LogP contribution in [0.2, 0.25) is 0 Å². The van der Waals surface area contributed by atoms with Crippen molar-refractivity contribution in [3.63, 3.8) is 0 Å². The summed E-state index contributed by atoms with van der Waals surface area (Å²) < 4.78 is 7.56. The smallest absolute Gasteiger partial charge is 0.311 e. The van der Waals surface area contributed by atoms with Crippen molar-refractivity contribution in [3.05, 3.63) is 36.5 Å². The fraction of sp³-hybridized carbons (Fsp3) is 0.583. The fourth-order valence-electron chi connectivity index (χ4n) is 3.51. The van der Waals surface area contributed by atoms with Crippen molar-refractivity contribution in [1.82, 2.24) is 0 Å². The molecule has 0 aliphatic carbocycles. The summed E-state index contributed by atoms with van der Waals surface area (Å²) in [5.74, 6) is 0.515. The molecule has 0 aliphatic rings. The second-order valence-electron chi connectivity index (χ2n) is 7.60. The normalized spacial score (nSPS) is 11.0. The first-order valence-corrected chi connectivity index (χ1v) is 10.8. The van der Waals surface area contributed by atoms with Gasteiger partial charge in [-0.3, -0.25) is 4.79 Å². The van der Waals surface area contributed by atoms with Crippen molar-refractivity contribution in [1.29, 1.82) is 0 Å². The fourth-order valence-corrected chi connectivity index (χ4v) is 3.51. The Morgan fingerprint density at radius 1 is 0.889 bits per heavy atom. The molecule has 3 heteroatoms. The van der Waals surface area contributed by atoms with E-state index in [0.717, 1.165) is 23.7 Å². The van der Waals surface area contributed by atoms with E-state index in [1.54, 1.807) is 0 Å². The summed E-state index contributed by atoms with van der Waals surface area (Å²) in [6.45, 7) is 2.26. The SMILES string of the molecule is CCCCCCCCCCCCCC(=O)Oc1ccc2ccc[n+](C)c2c1. The van der Waals surface area contributed by atoms with Crippen molar-refractivity contribution in [2.24, 2.45) is 7.05 Å². The van der Waals surface area contributed by atoms with Gasteiger partial charge in [-0.1, -0.05) is 71.1 Å². The molecule has 0 aliphatic heterocycles. The van der Waals surface area contributed by atoms with E-state index in [2.05, 4.69) is 13.0 Å². The molecule has 0 N–H and O–H groups in total. The second kappa shape index (κ2) is 12.5. The minimum atomic E-state index is -0.121. The maximum Gasteiger partial charge on any atom is 0.311 e. The molecule has 0 fully saturated rings. The number of carbonyl (C=O) groups excluding carboxylic acids is 1. The number of carbonyl (C=O) groups is 1. The van der Waals surface area contributed by atoms with Crippen LogP contribution in [0.4, 0.5) is 0 Å². The lowest BCUT2D eigenvalue weighted by molar-refractivity contribution is -0.644. The third-order valence-electron chi connectivity index (χ3n) is 5.18. The number of rotatable bonds is 13. The largest absolute Gasteiger partial charge is 0.426 e. The Morgan fingerprint density at radius 2 is 1.52 bits per heavy atom. The summed E-state index contributed by atoms with van der Waals surface area (Å²) in [6, 6.07) is 9.89. The van der Waals surface area contributed by atoms with Crippen LogP contribution in [0.3, 0.4) is 0 Å². The molecule has 1 heterocycles. The van der Waals surface area contributed by atoms with E-state index in [9.17, 15) is 4.79 Å². The number of ether oxygens (including phenoxy) is 1. The molecule has 0 atom stereocenters. The number of benzene rings is 1. The van der Waals surface area contributed by atoms with E-state index in [1.807, 2.05) is 42.1 Å². The van der Waals surface area contributed by atoms with Crippen LogP contribution in [-0.4, -0.2) is 5.97 Å². The highest BCUT2D eigenvalue weighted by atomic mass is 16.5. The predicted molar refractivity (Wildman–Crippen MR) is 112 cm³/mol. The molecule has 1 aromatic carbocycles. The third-order valence-corrected chi connectivity index (χ3v) is 5.18. The van der Waals surface area contributed by atoms with Crippen LogP contribution in [0.1, 0.15) is 84.0 Å². The Morgan fingerprint density at radius 3 is 2.19 bits per heavy atom. The summed E-state index contributed by atoms with van der Waals surface area (Å²) in [4.78, 5) is 12.1. The van der Waals surface area contributed by atoms with Gasteiger partial charge in [-0.25, -0.2) is 4.57 Å². The summed E-state index contributed by atoms with van der Waals surface area (Å²) in [5.41, 5.74) is 1.07. The first-order chi connectivity index (χ1) is 13.2. The number of hydrogen-bond donors (Lipinski definition) is 0. The lowest BCUT2D eigenvalue weighted by atomic mass is 10.1. The zero-order valence-corrected chi connectivity index (χ0v) is 17.2. The van der Waals surface area contributed by atoms with Gasteiger partial charge in [0, 0.05) is 17.9 Å². The first-order valence-electron chi connectivity index (χ1n) is 10.8. The van der Waals surface area contributed by atoms with Gasteiger partial charge in [-0.05, 0) is 24.6 Å². The Kier molecular flexibility index (Phi) is 9.89. The number of esters is 1. The van der Waals surface area contributed by atoms with Crippen LogP contribution in [0.15, 0.2) is 36.5 Å². The monoisotopic (exact) mass is 370 g/mol. The predicted octanol–water partition coefficient (Wildman–Crippen LogP) is 6.27. The molecule has 27 heavy (non-hydrogen) atoms. The van der Waals surface area contributed by atoms with Crippen LogP contribution in [0, 0.1) is 0 Å². The first kappa shape index (κ1) is 21.4. The standard InChI is InChI=1S/C24H36NO2/c1-3-4-5-6-7-8-9-10-11-12-13-16-24(26)27-22-18-17-21-15-14-19-25(2)23(21)20-22/h14-15,17-20H,3-13,16H2,1-2H3/q+1. The van der Waals surface area contributed by atoms with Gasteiger partial charge in [-0.15, -0.1) is 0 Å². The number of fused-ring (bicyclic) bond motifs is 1. The highest BCUT2D eigenvalue weighted by Gasteiger charge is 2.09. The van der Waals surface area contributed by atoms with Gasteiger partial charge in [0.05, 0.1) is 6.07 Å². The molecule has 0 spiro atoms. The van der Waals surface area contributed by atoms with E-state index >= 15 is 0 Å². The summed E-state index contributed by atoms with van der Waals surface area (Å²) in [6.07, 6.45) is 16.7. The number of unbranched alkanes of at least 4 members (excludes halogenated alkanes) is 10. The molecule has 0 radical (unpaired) electrons. The molecule has 0 amide bonds. The number of aromatic nitrogens is 1. The molecular weight excluding hydrogens is 334 g/mol. The van der Waals surface area contributed by atoms with E-state index in [4.69, 9.17) is 4.74 Å². The topological polar surface area (TPSA) is 30.2 Å². The summed E-state index contributed by atoms with van der Waals surface area (Å²) in [5, 5.41) is 1.14. The van der Waals surface area contributed by atoms with Gasteiger partial charge in [0.15, 0.2) is 6.20 Å². The highest BCUT2D eigenvalue weighted by molar-refractivity contribution is 5.79. The number of nitrogens with zero attached hydrogens (tertiary/aromatic N) is 1. The molecule has 3 nitrogen and oxygen atoms in total. The average molecular weight is 371 g/mol. The maximum atomic E-state index is 12.1. The minimum Gasteiger partial charge on any atom is -0.426 e. The molecule has 1 aromatic heterocycles. The lowest BCUT2D eigenvalue weighted by Crippen LogP contribution is -2.27. The van der Waals surface area contributed by atoms with Gasteiger partial charge in [0.2, 0.25) is 5.52 Å². The molecule has 2 aromatic rings. The second-order valence-corrected chi connectivity index (χ2v) is 7.60. The minimum absolute atomic E-state index is 0.121. The van der Waals surface area contributed by atoms with E-state index in [1.165, 1.54) is 57.8 Å². The zero-order chi connectivity index (χ0) is 19.3. The summed E-state index contributed by atoms with van der Waals surface area (Å²) in [7, 11) is 2.00. The zero-order valence-electron chi connectivity index (χ0n) is 17.2. The van der Waals surface area contributed by atoms with Gasteiger partial charge in [0.25, 0.3) is 0 Å². The number of pyridine rings is 1. The van der Waals surface area contributed by atoms with Crippen molar-refractivity contribution in [3.8, 4) is 5.75 Å². The van der Waals surface area contributed by atoms with Crippen molar-refractivity contribution >= 4 is 16.9 Å². The van der Waals surface area contributed by atoms with E-state index < -0.39 is 0 Å². The van der Waals surface area contributed by atoms with Crippen LogP contribution < -0.4 is 9.30 Å². The Labute approximate surface area is 164 Å². The van der Waals surface area contributed by atoms with Gasteiger partial charge in [0.1, 0.15) is 12.8 Å². The van der Waals surface area contributed by atoms with Gasteiger partial charge in [-0.2, -0.15) is 0 Å². The third kappa shape index (κ3) is 8.11. The molecule has 2 rings (SSSR count). The Hall–Kier alpha value is -1.90. The van der Waals surface area contributed by atoms with Crippen LogP contribution in [0.5, 0.6) is 5.75 Å². The van der Waals surface area contributed by atoms with Crippen molar-refractivity contribution in [2.45, 2.75) is 84.0 Å². The number of aryl methyl sites for hydroxylation is 1. The molecular formula is C24H36NO2+. The molecule has 148 valence electrons. The van der Waals surface area contributed by atoms with Crippen LogP contribution in [0.25, 0.3) is 10.9 Å². The average Bonchev–Trinajstić information content (AvgIpc) is 2.67. The molecule has 0 unspecified atom stereocenters. The van der Waals surface area contributed by atoms with Gasteiger partial charge >= 0.3 is 5.97 Å². The van der Waals surface area contributed by atoms with Crippen molar-refractivity contribution < 1.29 is 14.1 Å². The highest BCUT2D eigenvalue weighted by Crippen LogP contribution is 2.19.